The molecule has 3 aromatic rings. The number of aromatic nitrogens is 2. The van der Waals surface area contributed by atoms with Crippen molar-refractivity contribution in [2.24, 2.45) is 5.73 Å². The molecule has 1 aliphatic heterocycles. The van der Waals surface area contributed by atoms with Crippen LogP contribution in [0.15, 0.2) is 47.6 Å². The number of sulfonamides is 1. The van der Waals surface area contributed by atoms with E-state index in [1.807, 2.05) is 6.92 Å². The minimum Gasteiger partial charge on any atom is -0.480 e. The Morgan fingerprint density at radius 3 is 2.46 bits per heavy atom. The minimum atomic E-state index is -4.35. The molecular formula is C32H43N7O9S2. The average Bonchev–Trinajstić information content (AvgIpc) is 3.53. The largest absolute Gasteiger partial charge is 0.480 e. The molecular weight excluding hydrogens is 691 g/mol. The molecule has 0 bridgehead atoms. The van der Waals surface area contributed by atoms with E-state index in [0.717, 1.165) is 16.0 Å². The zero-order valence-corrected chi connectivity index (χ0v) is 29.6. The number of nitrogens with zero attached hydrogens (tertiary/aromatic N) is 3. The molecule has 50 heavy (non-hydrogen) atoms. The van der Waals surface area contributed by atoms with Crippen molar-refractivity contribution in [2.75, 3.05) is 29.1 Å². The second kappa shape index (κ2) is 16.1. The van der Waals surface area contributed by atoms with Gasteiger partial charge in [0.2, 0.25) is 16.4 Å². The van der Waals surface area contributed by atoms with Crippen molar-refractivity contribution in [1.82, 2.24) is 19.6 Å². The van der Waals surface area contributed by atoms with Crippen LogP contribution in [0, 0.1) is 20.8 Å². The van der Waals surface area contributed by atoms with Crippen LogP contribution in [0.25, 0.3) is 0 Å². The molecule has 16 nitrogen and oxygen atoms in total. The molecule has 18 heteroatoms. The van der Waals surface area contributed by atoms with Gasteiger partial charge in [-0.25, -0.2) is 13.4 Å². The summed E-state index contributed by atoms with van der Waals surface area (Å²) < 4.78 is 60.9. The lowest BCUT2D eigenvalue weighted by Crippen LogP contribution is -2.57. The van der Waals surface area contributed by atoms with Gasteiger partial charge in [-0.15, -0.1) is 0 Å². The number of imidazole rings is 1. The van der Waals surface area contributed by atoms with Crippen LogP contribution in [0.3, 0.4) is 0 Å². The summed E-state index contributed by atoms with van der Waals surface area (Å²) in [5.41, 5.74) is 9.23. The molecule has 0 radical (unpaired) electrons. The normalized spacial score (nSPS) is 16.1. The number of carbonyl (C=O) groups is 3. The maximum absolute atomic E-state index is 13.5. The number of nitrogens with one attached hydrogen (secondary N) is 3. The second-order valence-electron chi connectivity index (χ2n) is 12.5. The van der Waals surface area contributed by atoms with Crippen LogP contribution in [-0.2, 0) is 36.3 Å². The third-order valence-corrected chi connectivity index (χ3v) is 11.0. The van der Waals surface area contributed by atoms with Crippen LogP contribution >= 0.6 is 0 Å². The Morgan fingerprint density at radius 2 is 1.86 bits per heavy atom. The predicted molar refractivity (Wildman–Crippen MR) is 186 cm³/mol. The number of hydrogen-bond donors (Lipinski definition) is 6. The van der Waals surface area contributed by atoms with E-state index in [2.05, 4.69) is 20.0 Å². The van der Waals surface area contributed by atoms with E-state index in [4.69, 9.17) is 10.3 Å². The van der Waals surface area contributed by atoms with Crippen molar-refractivity contribution in [1.29, 1.82) is 0 Å². The number of fused-ring (bicyclic) bond motifs is 1. The molecule has 3 atom stereocenters. The Morgan fingerprint density at radius 1 is 1.16 bits per heavy atom. The number of carboxylic acids is 1. The lowest BCUT2D eigenvalue weighted by atomic mass is 9.95. The molecule has 1 unspecified atom stereocenters. The number of carboxylic acid groups (broad SMARTS) is 1. The van der Waals surface area contributed by atoms with Crippen LogP contribution in [-0.4, -0.2) is 96.6 Å². The van der Waals surface area contributed by atoms with E-state index in [9.17, 15) is 36.3 Å². The lowest BCUT2D eigenvalue weighted by molar-refractivity contribution is -0.140. The van der Waals surface area contributed by atoms with E-state index < -0.39 is 56.7 Å². The van der Waals surface area contributed by atoms with Gasteiger partial charge >= 0.3 is 5.97 Å². The number of H-pyrrole nitrogens is 1. The van der Waals surface area contributed by atoms with Crippen LogP contribution in [0.1, 0.15) is 58.3 Å². The number of hydrogen-bond acceptors (Lipinski definition) is 11. The van der Waals surface area contributed by atoms with Gasteiger partial charge in [0, 0.05) is 49.3 Å². The van der Waals surface area contributed by atoms with Crippen molar-refractivity contribution in [3.63, 3.8) is 0 Å². The summed E-state index contributed by atoms with van der Waals surface area (Å²) in [5.74, 6) is -1.89. The summed E-state index contributed by atoms with van der Waals surface area (Å²) in [4.78, 5) is 48.5. The molecule has 2 aromatic carbocycles. The molecule has 0 saturated heterocycles. The van der Waals surface area contributed by atoms with Gasteiger partial charge in [-0.1, -0.05) is 30.2 Å². The third kappa shape index (κ3) is 9.87. The number of carbonyl (C=O) groups excluding carboxylic acids is 2. The van der Waals surface area contributed by atoms with Gasteiger partial charge in [0.25, 0.3) is 10.1 Å². The maximum Gasteiger partial charge on any atom is 0.323 e. The van der Waals surface area contributed by atoms with Gasteiger partial charge in [-0.2, -0.15) is 13.1 Å². The first-order valence-corrected chi connectivity index (χ1v) is 19.0. The second-order valence-corrected chi connectivity index (χ2v) is 15.6. The van der Waals surface area contributed by atoms with Gasteiger partial charge in [-0.3, -0.25) is 18.9 Å². The van der Waals surface area contributed by atoms with E-state index in [-0.39, 0.29) is 30.1 Å². The van der Waals surface area contributed by atoms with E-state index in [0.29, 0.717) is 54.1 Å². The number of unbranched alkanes of at least 4 members (excludes halogenated alkanes) is 1. The van der Waals surface area contributed by atoms with Gasteiger partial charge < -0.3 is 30.9 Å². The highest BCUT2D eigenvalue weighted by Crippen LogP contribution is 2.34. The molecule has 0 aliphatic carbocycles. The molecule has 1 aliphatic rings. The van der Waals surface area contributed by atoms with Gasteiger partial charge in [-0.05, 0) is 62.4 Å². The van der Waals surface area contributed by atoms with Crippen molar-refractivity contribution < 1.29 is 40.9 Å². The minimum absolute atomic E-state index is 0.0571. The molecule has 2 heterocycles. The molecule has 1 aromatic heterocycles. The number of amides is 1. The predicted octanol–water partition coefficient (Wildman–Crippen LogP) is 1.94. The quantitative estimate of drug-likeness (QED) is 0.0623. The maximum atomic E-state index is 13.5. The van der Waals surface area contributed by atoms with E-state index in [1.165, 1.54) is 0 Å². The standard InChI is InChI=1S/C32H43N7O9S2/c1-20-12-21(2)30(22(3)13-20)50(47,48)37-26(31(42)43)17-38(19-40)29-15-28(41)25-8-7-23(16-36-32-34-9-10-35-32)14-27(25)39(29)11-5-4-6-24(33)18-49(44,45)46/h7-10,12-14,19,24,26,29,37H,4-6,11,15-18,33H2,1-3H3,(H,42,43)(H2,34,35,36)(H,44,45,46)/t24-,26+,29?/m1/s1. The fraction of sp³-hybridized carbons (Fsp3) is 0.438. The first kappa shape index (κ1) is 38.4. The molecule has 7 N–H and O–H groups in total. The molecule has 0 spiro atoms. The topological polar surface area (TPSA) is 245 Å². The molecule has 0 fully saturated rings. The fourth-order valence-electron chi connectivity index (χ4n) is 6.31. The highest BCUT2D eigenvalue weighted by Gasteiger charge is 2.38. The Labute approximate surface area is 291 Å². The Balaban J connectivity index is 1.63. The number of aromatic amines is 1. The summed E-state index contributed by atoms with van der Waals surface area (Å²) in [7, 11) is -8.61. The highest BCUT2D eigenvalue weighted by molar-refractivity contribution is 7.89. The zero-order valence-electron chi connectivity index (χ0n) is 28.0. The van der Waals surface area contributed by atoms with Crippen LogP contribution in [0.4, 0.5) is 11.6 Å². The van der Waals surface area contributed by atoms with Crippen molar-refractivity contribution in [3.8, 4) is 0 Å². The molecule has 272 valence electrons. The van der Waals surface area contributed by atoms with E-state index in [1.54, 1.807) is 61.5 Å². The van der Waals surface area contributed by atoms with Gasteiger partial charge in [0.15, 0.2) is 11.7 Å². The van der Waals surface area contributed by atoms with Crippen molar-refractivity contribution in [3.05, 3.63) is 70.5 Å². The number of Topliss-reactive ketones (excluding diaryl/α,β-unsaturated/α-hetero) is 1. The van der Waals surface area contributed by atoms with Crippen LogP contribution in [0.5, 0.6) is 0 Å². The van der Waals surface area contributed by atoms with Gasteiger partial charge in [0.05, 0.1) is 17.1 Å². The number of nitrogens with two attached hydrogens (primary N) is 1. The molecule has 1 amide bonds. The average molecular weight is 734 g/mol. The Hall–Kier alpha value is -4.36. The first-order valence-electron chi connectivity index (χ1n) is 15.9. The summed E-state index contributed by atoms with van der Waals surface area (Å²) >= 11 is 0. The summed E-state index contributed by atoms with van der Waals surface area (Å²) in [6, 6.07) is 6.01. The smallest absolute Gasteiger partial charge is 0.323 e. The van der Waals surface area contributed by atoms with Crippen LogP contribution in [0.2, 0.25) is 0 Å². The monoisotopic (exact) mass is 733 g/mol. The number of ketones is 1. The molecule has 0 saturated carbocycles. The fourth-order valence-corrected chi connectivity index (χ4v) is 8.65. The van der Waals surface area contributed by atoms with Crippen molar-refractivity contribution in [2.45, 2.75) is 76.1 Å². The van der Waals surface area contributed by atoms with Crippen molar-refractivity contribution >= 4 is 49.9 Å². The first-order chi connectivity index (χ1) is 23.5. The Kier molecular flexibility index (Phi) is 12.4. The summed E-state index contributed by atoms with van der Waals surface area (Å²) in [6.07, 6.45) is 3.56. The lowest BCUT2D eigenvalue weighted by Gasteiger charge is -2.43. The number of aliphatic carboxylic acids is 1. The number of rotatable bonds is 18. The highest BCUT2D eigenvalue weighted by atomic mass is 32.2. The number of anilines is 2. The van der Waals surface area contributed by atoms with E-state index >= 15 is 0 Å². The third-order valence-electron chi connectivity index (χ3n) is 8.39. The summed E-state index contributed by atoms with van der Waals surface area (Å²) in [6.45, 7) is 5.01. The summed E-state index contributed by atoms with van der Waals surface area (Å²) in [5, 5.41) is 13.3. The van der Waals surface area contributed by atoms with Gasteiger partial charge in [0.1, 0.15) is 12.2 Å². The zero-order chi connectivity index (χ0) is 36.8. The number of aryl methyl sites for hydroxylation is 3. The molecule has 4 rings (SSSR count). The van der Waals surface area contributed by atoms with Crippen LogP contribution < -0.4 is 20.7 Å². The number of benzene rings is 2. The Bertz CT molecular complexity index is 1900. The SMILES string of the molecule is Cc1cc(C)c(S(=O)(=O)N[C@@H](CN(C=O)C2CC(=O)c3ccc(CNc4ncc[nH]4)cc3N2CCCC[C@@H](N)CS(=O)(=O)O)C(=O)O)c(C)c1.